The summed E-state index contributed by atoms with van der Waals surface area (Å²) < 4.78 is 9.46. The topological polar surface area (TPSA) is 36.6 Å². The standard InChI is InChI=1S/C20H17BrN2O2S/c1-20-11-15(14-10-13(21)8-9-16(14)25-20)23-18(24)17(26-19(23)22(20)2)12-6-4-3-5-7-12/h3-10,15H,11H2,1-2H3/p+1. The Hall–Kier alpha value is -2.05. The Balaban J connectivity index is 1.76. The van der Waals surface area contributed by atoms with Gasteiger partial charge in [-0.25, -0.2) is 4.90 Å². The second-order valence-corrected chi connectivity index (χ2v) is 8.90. The van der Waals surface area contributed by atoms with E-state index in [1.807, 2.05) is 49.5 Å². The lowest BCUT2D eigenvalue weighted by molar-refractivity contribution is -0.712. The third-order valence-corrected chi connectivity index (χ3v) is 7.18. The highest BCUT2D eigenvalue weighted by atomic mass is 79.9. The van der Waals surface area contributed by atoms with Crippen LogP contribution in [0.2, 0.25) is 0 Å². The zero-order valence-electron chi connectivity index (χ0n) is 14.4. The monoisotopic (exact) mass is 429 g/mol. The number of hydrogen-bond donors (Lipinski definition) is 1. The number of hydrogen-bond acceptors (Lipinski definition) is 4. The van der Waals surface area contributed by atoms with Gasteiger partial charge in [0.05, 0.1) is 13.5 Å². The third kappa shape index (κ3) is 2.15. The Morgan fingerprint density at radius 3 is 2.81 bits per heavy atom. The number of halogens is 1. The van der Waals surface area contributed by atoms with Crippen LogP contribution in [0.3, 0.4) is 0 Å². The van der Waals surface area contributed by atoms with E-state index in [-0.39, 0.29) is 6.04 Å². The van der Waals surface area contributed by atoms with Gasteiger partial charge in [-0.05, 0) is 35.1 Å². The van der Waals surface area contributed by atoms with Crippen molar-refractivity contribution in [1.82, 2.24) is 0 Å². The fourth-order valence-electron chi connectivity index (χ4n) is 3.93. The average molecular weight is 430 g/mol. The fourth-order valence-corrected chi connectivity index (χ4v) is 5.58. The minimum absolute atomic E-state index is 0.0427. The van der Waals surface area contributed by atoms with Crippen molar-refractivity contribution in [1.29, 1.82) is 0 Å². The molecule has 3 heterocycles. The van der Waals surface area contributed by atoms with E-state index in [0.29, 0.717) is 5.88 Å². The predicted octanol–water partition coefficient (Wildman–Crippen LogP) is 4.71. The molecule has 3 aromatic rings. The fraction of sp³-hybridized carbons (Fsp3) is 0.250. The molecule has 2 bridgehead atoms. The number of anilines is 1. The van der Waals surface area contributed by atoms with Crippen molar-refractivity contribution >= 4 is 32.4 Å². The summed E-state index contributed by atoms with van der Waals surface area (Å²) in [6.07, 6.45) is 0.781. The minimum Gasteiger partial charge on any atom is -0.477 e. The highest BCUT2D eigenvalue weighted by molar-refractivity contribution is 9.10. The second kappa shape index (κ2) is 5.47. The molecule has 0 fully saturated rings. The maximum absolute atomic E-state index is 11.1. The number of fused-ring (bicyclic) bond motifs is 6. The number of aromatic nitrogens is 1. The molecule has 0 aliphatic carbocycles. The molecule has 1 aromatic heterocycles. The summed E-state index contributed by atoms with van der Waals surface area (Å²) in [5.41, 5.74) is 1.70. The molecule has 5 rings (SSSR count). The summed E-state index contributed by atoms with van der Waals surface area (Å²) in [7, 11) is 2.04. The highest BCUT2D eigenvalue weighted by Crippen LogP contribution is 2.50. The predicted molar refractivity (Wildman–Crippen MR) is 106 cm³/mol. The maximum atomic E-state index is 11.1. The number of aromatic hydroxyl groups is 1. The van der Waals surface area contributed by atoms with Crippen LogP contribution < -0.4 is 14.2 Å². The Morgan fingerprint density at radius 1 is 1.27 bits per heavy atom. The normalized spacial score (nSPS) is 23.2. The summed E-state index contributed by atoms with van der Waals surface area (Å²) in [6, 6.07) is 16.2. The van der Waals surface area contributed by atoms with E-state index in [2.05, 4.69) is 38.4 Å². The number of thiazole rings is 1. The molecular formula is C20H18BrN2O2S+. The van der Waals surface area contributed by atoms with Gasteiger partial charge >= 0.3 is 11.0 Å². The smallest absolute Gasteiger partial charge is 0.343 e. The summed E-state index contributed by atoms with van der Waals surface area (Å²) >= 11 is 5.18. The minimum atomic E-state index is -0.434. The van der Waals surface area contributed by atoms with Crippen molar-refractivity contribution in [3.63, 3.8) is 0 Å². The van der Waals surface area contributed by atoms with E-state index >= 15 is 0 Å². The van der Waals surface area contributed by atoms with Crippen LogP contribution in [-0.2, 0) is 0 Å². The van der Waals surface area contributed by atoms with Crippen LogP contribution in [0.25, 0.3) is 10.4 Å². The van der Waals surface area contributed by atoms with E-state index in [0.717, 1.165) is 37.8 Å². The highest BCUT2D eigenvalue weighted by Gasteiger charge is 2.55. The summed E-state index contributed by atoms with van der Waals surface area (Å²) in [6.45, 7) is 2.12. The van der Waals surface area contributed by atoms with Crippen molar-refractivity contribution in [2.45, 2.75) is 25.1 Å². The Kier molecular flexibility index (Phi) is 3.40. The van der Waals surface area contributed by atoms with Gasteiger partial charge in [0.1, 0.15) is 16.7 Å². The van der Waals surface area contributed by atoms with Gasteiger partial charge in [0.2, 0.25) is 5.72 Å². The average Bonchev–Trinajstić information content (AvgIpc) is 2.98. The van der Waals surface area contributed by atoms with Crippen LogP contribution in [0, 0.1) is 0 Å². The van der Waals surface area contributed by atoms with Crippen LogP contribution in [0.5, 0.6) is 11.6 Å². The Morgan fingerprint density at radius 2 is 2.04 bits per heavy atom. The van der Waals surface area contributed by atoms with Crippen molar-refractivity contribution < 1.29 is 14.4 Å². The van der Waals surface area contributed by atoms with Crippen LogP contribution in [0.1, 0.15) is 24.9 Å². The molecule has 0 radical (unpaired) electrons. The second-order valence-electron chi connectivity index (χ2n) is 7.01. The van der Waals surface area contributed by atoms with Crippen molar-refractivity contribution in [3.05, 3.63) is 58.6 Å². The number of benzene rings is 2. The van der Waals surface area contributed by atoms with E-state index in [9.17, 15) is 5.11 Å². The largest absolute Gasteiger partial charge is 0.477 e. The molecule has 0 amide bonds. The van der Waals surface area contributed by atoms with Crippen molar-refractivity contribution in [2.75, 3.05) is 11.9 Å². The SMILES string of the molecule is CN1c2sc(-c3ccccc3)c(O)[n+]2C2CC1(C)Oc1ccc(Br)cc12. The van der Waals surface area contributed by atoms with Crippen LogP contribution >= 0.6 is 27.3 Å². The van der Waals surface area contributed by atoms with Crippen molar-refractivity contribution in [3.8, 4) is 22.1 Å². The molecule has 4 nitrogen and oxygen atoms in total. The van der Waals surface area contributed by atoms with Crippen LogP contribution in [0.4, 0.5) is 5.13 Å². The number of nitrogens with zero attached hydrogens (tertiary/aromatic N) is 2. The van der Waals surface area contributed by atoms with Crippen LogP contribution in [-0.4, -0.2) is 17.9 Å². The van der Waals surface area contributed by atoms with Gasteiger partial charge in [0.15, 0.2) is 0 Å². The molecule has 132 valence electrons. The maximum Gasteiger partial charge on any atom is 0.343 e. The van der Waals surface area contributed by atoms with Gasteiger partial charge in [-0.1, -0.05) is 46.3 Å². The molecule has 0 spiro atoms. The lowest BCUT2D eigenvalue weighted by Gasteiger charge is -2.44. The van der Waals surface area contributed by atoms with Gasteiger partial charge in [-0.15, -0.1) is 0 Å². The van der Waals surface area contributed by atoms with Gasteiger partial charge in [0, 0.05) is 17.0 Å². The molecule has 2 unspecified atom stereocenters. The molecule has 0 saturated carbocycles. The lowest BCUT2D eigenvalue weighted by atomic mass is 9.91. The molecule has 0 saturated heterocycles. The van der Waals surface area contributed by atoms with E-state index in [1.165, 1.54) is 0 Å². The number of ether oxygens (including phenoxy) is 1. The summed E-state index contributed by atoms with van der Waals surface area (Å²) in [4.78, 5) is 3.03. The Labute approximate surface area is 164 Å². The molecule has 1 N–H and O–H groups in total. The third-order valence-electron chi connectivity index (χ3n) is 5.41. The van der Waals surface area contributed by atoms with Gasteiger partial charge in [0.25, 0.3) is 0 Å². The lowest BCUT2D eigenvalue weighted by Crippen LogP contribution is -2.63. The first-order chi connectivity index (χ1) is 12.5. The van der Waals surface area contributed by atoms with E-state index < -0.39 is 5.72 Å². The first-order valence-electron chi connectivity index (χ1n) is 8.53. The first kappa shape index (κ1) is 16.1. The molecule has 2 aliphatic rings. The molecule has 2 atom stereocenters. The van der Waals surface area contributed by atoms with E-state index in [1.54, 1.807) is 11.3 Å². The molecule has 6 heteroatoms. The van der Waals surface area contributed by atoms with Crippen LogP contribution in [0.15, 0.2) is 53.0 Å². The molecular weight excluding hydrogens is 412 g/mol. The van der Waals surface area contributed by atoms with Crippen molar-refractivity contribution in [2.24, 2.45) is 0 Å². The first-order valence-corrected chi connectivity index (χ1v) is 10.1. The zero-order chi connectivity index (χ0) is 18.1. The molecule has 26 heavy (non-hydrogen) atoms. The van der Waals surface area contributed by atoms with Gasteiger partial charge in [-0.2, -0.15) is 4.57 Å². The van der Waals surface area contributed by atoms with E-state index in [4.69, 9.17) is 4.74 Å². The quantitative estimate of drug-likeness (QED) is 0.569. The van der Waals surface area contributed by atoms with Gasteiger partial charge in [-0.3, -0.25) is 0 Å². The molecule has 2 aliphatic heterocycles. The van der Waals surface area contributed by atoms with Gasteiger partial charge < -0.3 is 9.84 Å². The number of rotatable bonds is 1. The Bertz CT molecular complexity index is 1020. The molecule has 2 aromatic carbocycles. The zero-order valence-corrected chi connectivity index (χ0v) is 16.8. The summed E-state index contributed by atoms with van der Waals surface area (Å²) in [5.74, 6) is 1.20. The summed E-state index contributed by atoms with van der Waals surface area (Å²) in [5, 5.41) is 12.1.